The van der Waals surface area contributed by atoms with Crippen LogP contribution in [0.3, 0.4) is 0 Å². The Labute approximate surface area is 192 Å². The molecule has 0 aromatic heterocycles. The molecule has 1 atom stereocenters. The number of hydrazine groups is 1. The van der Waals surface area contributed by atoms with Crippen LogP contribution < -0.4 is 21.8 Å². The van der Waals surface area contributed by atoms with E-state index in [1.165, 1.54) is 23.3 Å². The first-order chi connectivity index (χ1) is 15.8. The van der Waals surface area contributed by atoms with E-state index in [4.69, 9.17) is 16.8 Å². The molecule has 3 rings (SSSR count). The predicted octanol–water partition coefficient (Wildman–Crippen LogP) is 1.60. The molecule has 0 bridgehead atoms. The van der Waals surface area contributed by atoms with Crippen LogP contribution in [0.4, 0.5) is 0 Å². The summed E-state index contributed by atoms with van der Waals surface area (Å²) in [5.74, 6) is 5.57. The molecule has 0 spiro atoms. The molecular weight excluding hydrogens is 442 g/mol. The van der Waals surface area contributed by atoms with Gasteiger partial charge in [0.2, 0.25) is 15.9 Å². The Morgan fingerprint density at radius 3 is 2.39 bits per heavy atom. The molecule has 7 N–H and O–H groups in total. The highest BCUT2D eigenvalue weighted by Crippen LogP contribution is 2.18. The number of nitrogens with one attached hydrogen (secondary N) is 2. The van der Waals surface area contributed by atoms with Gasteiger partial charge in [0.25, 0.3) is 0 Å². The van der Waals surface area contributed by atoms with Crippen molar-refractivity contribution in [2.24, 2.45) is 11.6 Å². The summed E-state index contributed by atoms with van der Waals surface area (Å²) in [6.45, 7) is -0.167. The Hall–Kier alpha value is -3.44. The Kier molecular flexibility index (Phi) is 8.01. The molecule has 0 aliphatic heterocycles. The highest BCUT2D eigenvalue weighted by molar-refractivity contribution is 7.89. The molecule has 0 aliphatic carbocycles. The van der Waals surface area contributed by atoms with Crippen LogP contribution in [0.15, 0.2) is 89.6 Å². The Bertz CT molecular complexity index is 1230. The fourth-order valence-electron chi connectivity index (χ4n) is 3.38. The lowest BCUT2D eigenvalue weighted by atomic mass is 9.99. The number of hydrogen-bond donors (Lipinski definition) is 5. The Morgan fingerprint density at radius 1 is 1.03 bits per heavy atom. The largest absolute Gasteiger partial charge is 0.400 e. The smallest absolute Gasteiger partial charge is 0.245 e. The van der Waals surface area contributed by atoms with Gasteiger partial charge in [-0.2, -0.15) is 0 Å². The molecule has 33 heavy (non-hydrogen) atoms. The van der Waals surface area contributed by atoms with Gasteiger partial charge in [0.1, 0.15) is 0 Å². The first-order valence-corrected chi connectivity index (χ1v) is 11.7. The fourth-order valence-corrected chi connectivity index (χ4v) is 4.42. The number of nitrogens with zero attached hydrogens (tertiary/aromatic N) is 1. The lowest BCUT2D eigenvalue weighted by molar-refractivity contribution is -0.130. The van der Waals surface area contributed by atoms with Gasteiger partial charge in [0, 0.05) is 11.9 Å². The maximum Gasteiger partial charge on any atom is 0.245 e. The summed E-state index contributed by atoms with van der Waals surface area (Å²) in [5, 5.41) is 12.4. The van der Waals surface area contributed by atoms with Gasteiger partial charge in [-0.3, -0.25) is 10.0 Å². The molecule has 0 fully saturated rings. The minimum Gasteiger partial charge on any atom is -0.400 e. The maximum absolute atomic E-state index is 12.4. The third kappa shape index (κ3) is 6.77. The average Bonchev–Trinajstić information content (AvgIpc) is 2.82. The SMILES string of the molecule is N/C(=C\N(N)C(CC(=O)NO)Cc1ccc2ccccc2c1)CNS(=O)(=O)c1ccccc1. The summed E-state index contributed by atoms with van der Waals surface area (Å²) >= 11 is 0. The summed E-state index contributed by atoms with van der Waals surface area (Å²) in [5.41, 5.74) is 8.71. The second kappa shape index (κ2) is 10.9. The number of hydrogen-bond acceptors (Lipinski definition) is 7. The van der Waals surface area contributed by atoms with Gasteiger partial charge >= 0.3 is 0 Å². The van der Waals surface area contributed by atoms with Crippen LogP contribution in [0.2, 0.25) is 0 Å². The average molecular weight is 470 g/mol. The van der Waals surface area contributed by atoms with E-state index in [2.05, 4.69) is 4.72 Å². The molecule has 0 saturated heterocycles. The van der Waals surface area contributed by atoms with Gasteiger partial charge in [0.15, 0.2) is 0 Å². The van der Waals surface area contributed by atoms with Crippen molar-refractivity contribution in [1.82, 2.24) is 15.2 Å². The van der Waals surface area contributed by atoms with Crippen molar-refractivity contribution in [3.8, 4) is 0 Å². The van der Waals surface area contributed by atoms with E-state index in [1.807, 2.05) is 42.5 Å². The molecule has 3 aromatic rings. The molecule has 1 amide bonds. The number of carbonyl (C=O) groups is 1. The molecule has 0 heterocycles. The Morgan fingerprint density at radius 2 is 1.70 bits per heavy atom. The van der Waals surface area contributed by atoms with Crippen molar-refractivity contribution in [3.05, 3.63) is 90.3 Å². The summed E-state index contributed by atoms with van der Waals surface area (Å²) in [6.07, 6.45) is 1.68. The molecule has 0 radical (unpaired) electrons. The fraction of sp³-hybridized carbons (Fsp3) is 0.174. The van der Waals surface area contributed by atoms with E-state index in [-0.39, 0.29) is 23.6 Å². The summed E-state index contributed by atoms with van der Waals surface area (Å²) in [4.78, 5) is 12.0. The number of hydroxylamine groups is 1. The van der Waals surface area contributed by atoms with Gasteiger partial charge in [-0.15, -0.1) is 0 Å². The lowest BCUT2D eigenvalue weighted by Gasteiger charge is -2.26. The van der Waals surface area contributed by atoms with Crippen LogP contribution in [0.25, 0.3) is 10.8 Å². The van der Waals surface area contributed by atoms with Crippen LogP contribution >= 0.6 is 0 Å². The monoisotopic (exact) mass is 469 g/mol. The highest BCUT2D eigenvalue weighted by atomic mass is 32.2. The van der Waals surface area contributed by atoms with Crippen molar-refractivity contribution in [1.29, 1.82) is 0 Å². The quantitative estimate of drug-likeness (QED) is 0.172. The van der Waals surface area contributed by atoms with E-state index >= 15 is 0 Å². The van der Waals surface area contributed by atoms with Gasteiger partial charge < -0.3 is 10.7 Å². The van der Waals surface area contributed by atoms with Crippen molar-refractivity contribution in [2.45, 2.75) is 23.8 Å². The van der Waals surface area contributed by atoms with Crippen LogP contribution in [-0.4, -0.2) is 37.1 Å². The number of nitrogens with two attached hydrogens (primary N) is 2. The Balaban J connectivity index is 1.72. The van der Waals surface area contributed by atoms with Gasteiger partial charge in [0.05, 0.1) is 23.9 Å². The zero-order valence-electron chi connectivity index (χ0n) is 17.9. The molecule has 9 nitrogen and oxygen atoms in total. The first kappa shape index (κ1) is 24.2. The molecule has 3 aromatic carbocycles. The normalized spacial score (nSPS) is 13.0. The summed E-state index contributed by atoms with van der Waals surface area (Å²) < 4.78 is 27.2. The zero-order chi connectivity index (χ0) is 23.8. The van der Waals surface area contributed by atoms with Crippen LogP contribution in [0.1, 0.15) is 12.0 Å². The van der Waals surface area contributed by atoms with Crippen molar-refractivity contribution in [2.75, 3.05) is 6.54 Å². The maximum atomic E-state index is 12.4. The lowest BCUT2D eigenvalue weighted by Crippen LogP contribution is -2.42. The number of fused-ring (bicyclic) bond motifs is 1. The van der Waals surface area contributed by atoms with E-state index in [9.17, 15) is 13.2 Å². The molecule has 174 valence electrons. The topological polar surface area (TPSA) is 151 Å². The van der Waals surface area contributed by atoms with E-state index in [0.717, 1.165) is 16.3 Å². The van der Waals surface area contributed by atoms with Crippen molar-refractivity contribution in [3.63, 3.8) is 0 Å². The number of amides is 1. The molecule has 0 saturated carbocycles. The number of carbonyl (C=O) groups excluding carboxylic acids is 1. The minimum absolute atomic E-state index is 0.0979. The van der Waals surface area contributed by atoms with Gasteiger partial charge in [-0.25, -0.2) is 24.5 Å². The van der Waals surface area contributed by atoms with Crippen molar-refractivity contribution >= 4 is 26.7 Å². The molecule has 10 heteroatoms. The molecule has 0 aliphatic rings. The van der Waals surface area contributed by atoms with E-state index in [1.54, 1.807) is 23.7 Å². The third-order valence-electron chi connectivity index (χ3n) is 5.09. The first-order valence-electron chi connectivity index (χ1n) is 10.2. The molecular formula is C23H27N5O4S. The standard InChI is InChI=1S/C23H27N5O4S/c24-20(15-26-33(31,32)22-8-2-1-3-9-22)16-28(25)21(14-23(29)27-30)13-17-10-11-18-6-4-5-7-19(18)12-17/h1-12,16,21,26,30H,13-15,24-25H2,(H,27,29)/b20-16-. The van der Waals surface area contributed by atoms with E-state index in [0.29, 0.717) is 6.42 Å². The number of rotatable bonds is 10. The minimum atomic E-state index is -3.73. The molecule has 1 unspecified atom stereocenters. The second-order valence-electron chi connectivity index (χ2n) is 7.57. The highest BCUT2D eigenvalue weighted by Gasteiger charge is 2.19. The number of sulfonamides is 1. The third-order valence-corrected chi connectivity index (χ3v) is 6.50. The van der Waals surface area contributed by atoms with Gasteiger partial charge in [-0.05, 0) is 34.9 Å². The summed E-state index contributed by atoms with van der Waals surface area (Å²) in [6, 6.07) is 21.2. The zero-order valence-corrected chi connectivity index (χ0v) is 18.7. The van der Waals surface area contributed by atoms with Crippen LogP contribution in [0, 0.1) is 0 Å². The summed E-state index contributed by atoms with van der Waals surface area (Å²) in [7, 11) is -3.73. The second-order valence-corrected chi connectivity index (χ2v) is 9.33. The van der Waals surface area contributed by atoms with Crippen LogP contribution in [-0.2, 0) is 21.2 Å². The van der Waals surface area contributed by atoms with Gasteiger partial charge in [-0.1, -0.05) is 60.7 Å². The van der Waals surface area contributed by atoms with E-state index < -0.39 is 22.0 Å². The van der Waals surface area contributed by atoms with Crippen LogP contribution in [0.5, 0.6) is 0 Å². The van der Waals surface area contributed by atoms with Crippen molar-refractivity contribution < 1.29 is 18.4 Å². The number of benzene rings is 3. The predicted molar refractivity (Wildman–Crippen MR) is 126 cm³/mol.